The third-order valence-electron chi connectivity index (χ3n) is 5.32. The Hall–Kier alpha value is -3.64. The summed E-state index contributed by atoms with van der Waals surface area (Å²) in [6, 6.07) is 21.1. The first-order chi connectivity index (χ1) is 14.7. The number of carbonyl (C=O) groups excluding carboxylic acids is 1. The van der Waals surface area contributed by atoms with Crippen LogP contribution in [0.25, 0.3) is 21.9 Å². The number of hydrogen-bond donors (Lipinski definition) is 3. The number of benzene rings is 3. The number of aromatic nitrogens is 4. The largest absolute Gasteiger partial charge is 0.361 e. The third kappa shape index (κ3) is 3.31. The van der Waals surface area contributed by atoms with E-state index in [9.17, 15) is 4.79 Å². The van der Waals surface area contributed by atoms with Crippen LogP contribution in [0.5, 0.6) is 0 Å². The average molecular weight is 416 g/mol. The minimum atomic E-state index is -0.170. The Morgan fingerprint density at radius 1 is 0.967 bits per heavy atom. The van der Waals surface area contributed by atoms with Crippen molar-refractivity contribution in [1.82, 2.24) is 25.7 Å². The molecule has 0 fully saturated rings. The SMILES string of the molecule is O=C(NCC(c1ccccc1Cl)c1c[nH]c2ccccc12)c1ccc2n[nH]nc2c1. The molecule has 0 aliphatic rings. The van der Waals surface area contributed by atoms with Gasteiger partial charge in [0, 0.05) is 40.1 Å². The van der Waals surface area contributed by atoms with Gasteiger partial charge in [0.25, 0.3) is 5.91 Å². The fourth-order valence-corrected chi connectivity index (χ4v) is 4.07. The minimum absolute atomic E-state index is 0.102. The van der Waals surface area contributed by atoms with E-state index in [0.29, 0.717) is 22.6 Å². The Labute approximate surface area is 177 Å². The second kappa shape index (κ2) is 7.65. The second-order valence-electron chi connectivity index (χ2n) is 7.10. The quantitative estimate of drug-likeness (QED) is 0.390. The lowest BCUT2D eigenvalue weighted by Gasteiger charge is -2.19. The van der Waals surface area contributed by atoms with Crippen molar-refractivity contribution in [2.75, 3.05) is 6.54 Å². The predicted molar refractivity (Wildman–Crippen MR) is 118 cm³/mol. The standard InChI is InChI=1S/C23H18ClN5O/c24-19-7-3-1-5-15(19)17(18-12-25-20-8-4-2-6-16(18)20)13-26-23(30)14-9-10-21-22(11-14)28-29-27-21/h1-12,17,25H,13H2,(H,26,30)(H,27,28,29). The maximum atomic E-state index is 12.9. The molecule has 0 saturated carbocycles. The van der Waals surface area contributed by atoms with Crippen LogP contribution >= 0.6 is 11.6 Å². The Balaban J connectivity index is 1.47. The molecule has 2 heterocycles. The zero-order valence-electron chi connectivity index (χ0n) is 15.9. The van der Waals surface area contributed by atoms with Crippen LogP contribution in [0.15, 0.2) is 72.9 Å². The van der Waals surface area contributed by atoms with E-state index in [1.807, 2.05) is 48.7 Å². The Morgan fingerprint density at radius 3 is 2.67 bits per heavy atom. The molecule has 7 heteroatoms. The van der Waals surface area contributed by atoms with Gasteiger partial charge in [-0.25, -0.2) is 0 Å². The van der Waals surface area contributed by atoms with E-state index < -0.39 is 0 Å². The Morgan fingerprint density at radius 2 is 1.77 bits per heavy atom. The van der Waals surface area contributed by atoms with E-state index >= 15 is 0 Å². The topological polar surface area (TPSA) is 86.5 Å². The number of rotatable bonds is 5. The number of hydrogen-bond acceptors (Lipinski definition) is 3. The highest BCUT2D eigenvalue weighted by Gasteiger charge is 2.21. The van der Waals surface area contributed by atoms with Gasteiger partial charge in [-0.2, -0.15) is 15.4 Å². The van der Waals surface area contributed by atoms with Crippen molar-refractivity contribution >= 4 is 39.4 Å². The molecule has 2 aromatic heterocycles. The molecule has 3 aromatic carbocycles. The van der Waals surface area contributed by atoms with Gasteiger partial charge < -0.3 is 10.3 Å². The van der Waals surface area contributed by atoms with Crippen LogP contribution in [-0.4, -0.2) is 32.8 Å². The van der Waals surface area contributed by atoms with Crippen LogP contribution in [0, 0.1) is 0 Å². The van der Waals surface area contributed by atoms with Crippen molar-refractivity contribution in [1.29, 1.82) is 0 Å². The van der Waals surface area contributed by atoms with Gasteiger partial charge in [0.1, 0.15) is 11.0 Å². The number of nitrogens with one attached hydrogen (secondary N) is 3. The first kappa shape index (κ1) is 18.4. The molecule has 0 aliphatic heterocycles. The highest BCUT2D eigenvalue weighted by molar-refractivity contribution is 6.31. The molecule has 5 rings (SSSR count). The predicted octanol–water partition coefficient (Wildman–Crippen LogP) is 4.65. The summed E-state index contributed by atoms with van der Waals surface area (Å²) in [6.07, 6.45) is 1.99. The number of H-pyrrole nitrogens is 2. The highest BCUT2D eigenvalue weighted by atomic mass is 35.5. The third-order valence-corrected chi connectivity index (χ3v) is 5.67. The van der Waals surface area contributed by atoms with Crippen molar-refractivity contribution in [3.63, 3.8) is 0 Å². The van der Waals surface area contributed by atoms with E-state index in [1.54, 1.807) is 18.2 Å². The summed E-state index contributed by atoms with van der Waals surface area (Å²) < 4.78 is 0. The van der Waals surface area contributed by atoms with E-state index in [-0.39, 0.29) is 11.8 Å². The number of carbonyl (C=O) groups is 1. The van der Waals surface area contributed by atoms with Crippen LogP contribution in [-0.2, 0) is 0 Å². The van der Waals surface area contributed by atoms with E-state index in [1.165, 1.54) is 0 Å². The minimum Gasteiger partial charge on any atom is -0.361 e. The van der Waals surface area contributed by atoms with Gasteiger partial charge in [0.05, 0.1) is 0 Å². The van der Waals surface area contributed by atoms with Crippen molar-refractivity contribution < 1.29 is 4.79 Å². The first-order valence-corrected chi connectivity index (χ1v) is 9.97. The molecule has 1 unspecified atom stereocenters. The van der Waals surface area contributed by atoms with Crippen LogP contribution in [0.2, 0.25) is 5.02 Å². The van der Waals surface area contributed by atoms with Crippen molar-refractivity contribution in [2.24, 2.45) is 0 Å². The van der Waals surface area contributed by atoms with Crippen LogP contribution in [0.3, 0.4) is 0 Å². The number of amides is 1. The Bertz CT molecular complexity index is 1360. The lowest BCUT2D eigenvalue weighted by molar-refractivity contribution is 0.0952. The zero-order valence-corrected chi connectivity index (χ0v) is 16.6. The molecular formula is C23H18ClN5O. The van der Waals surface area contributed by atoms with E-state index in [2.05, 4.69) is 31.8 Å². The highest BCUT2D eigenvalue weighted by Crippen LogP contribution is 2.34. The molecule has 1 amide bonds. The average Bonchev–Trinajstić information content (AvgIpc) is 3.41. The molecule has 5 aromatic rings. The molecule has 0 saturated heterocycles. The molecule has 1 atom stereocenters. The summed E-state index contributed by atoms with van der Waals surface area (Å²) in [4.78, 5) is 16.2. The molecule has 0 aliphatic carbocycles. The summed E-state index contributed by atoms with van der Waals surface area (Å²) in [7, 11) is 0. The van der Waals surface area contributed by atoms with Crippen molar-refractivity contribution in [3.05, 3.63) is 94.6 Å². The van der Waals surface area contributed by atoms with Gasteiger partial charge in [-0.1, -0.05) is 48.0 Å². The van der Waals surface area contributed by atoms with Crippen molar-refractivity contribution in [2.45, 2.75) is 5.92 Å². The van der Waals surface area contributed by atoms with Gasteiger partial charge >= 0.3 is 0 Å². The maximum Gasteiger partial charge on any atom is 0.251 e. The number of para-hydroxylation sites is 1. The lowest BCUT2D eigenvalue weighted by Crippen LogP contribution is -2.29. The summed E-state index contributed by atoms with van der Waals surface area (Å²) in [5, 5.41) is 15.5. The molecule has 0 bridgehead atoms. The molecule has 0 spiro atoms. The monoisotopic (exact) mass is 415 g/mol. The molecule has 3 N–H and O–H groups in total. The molecular weight excluding hydrogens is 398 g/mol. The van der Waals surface area contributed by atoms with E-state index in [4.69, 9.17) is 11.6 Å². The normalized spacial score (nSPS) is 12.3. The summed E-state index contributed by atoms with van der Waals surface area (Å²) in [6.45, 7) is 0.404. The van der Waals surface area contributed by atoms with Gasteiger partial charge in [0.2, 0.25) is 0 Å². The first-order valence-electron chi connectivity index (χ1n) is 9.60. The number of fused-ring (bicyclic) bond motifs is 2. The van der Waals surface area contributed by atoms with Crippen LogP contribution < -0.4 is 5.32 Å². The lowest BCUT2D eigenvalue weighted by atomic mass is 9.90. The molecule has 0 radical (unpaired) electrons. The molecule has 148 valence electrons. The van der Waals surface area contributed by atoms with Gasteiger partial charge in [-0.3, -0.25) is 4.79 Å². The Kier molecular flexibility index (Phi) is 4.69. The van der Waals surface area contributed by atoms with Gasteiger partial charge in [-0.15, -0.1) is 0 Å². The smallest absolute Gasteiger partial charge is 0.251 e. The molecule has 6 nitrogen and oxygen atoms in total. The summed E-state index contributed by atoms with van der Waals surface area (Å²) >= 11 is 6.53. The van der Waals surface area contributed by atoms with Crippen molar-refractivity contribution in [3.8, 4) is 0 Å². The van der Waals surface area contributed by atoms with Crippen LogP contribution in [0.4, 0.5) is 0 Å². The fraction of sp³-hybridized carbons (Fsp3) is 0.0870. The van der Waals surface area contributed by atoms with Gasteiger partial charge in [0.15, 0.2) is 0 Å². The fourth-order valence-electron chi connectivity index (χ4n) is 3.81. The number of halogens is 1. The molecule has 30 heavy (non-hydrogen) atoms. The van der Waals surface area contributed by atoms with Crippen LogP contribution in [0.1, 0.15) is 27.4 Å². The van der Waals surface area contributed by atoms with Gasteiger partial charge in [-0.05, 0) is 41.5 Å². The number of nitrogens with zero attached hydrogens (tertiary/aromatic N) is 2. The number of aromatic amines is 2. The zero-order chi connectivity index (χ0) is 20.5. The van der Waals surface area contributed by atoms with E-state index in [0.717, 1.165) is 27.5 Å². The second-order valence-corrected chi connectivity index (χ2v) is 7.51. The summed E-state index contributed by atoms with van der Waals surface area (Å²) in [5.74, 6) is -0.272. The maximum absolute atomic E-state index is 12.9. The summed E-state index contributed by atoms with van der Waals surface area (Å²) in [5.41, 5.74) is 5.02.